The Morgan fingerprint density at radius 1 is 1.41 bits per heavy atom. The van der Waals surface area contributed by atoms with Crippen LogP contribution in [0.3, 0.4) is 0 Å². The maximum Gasteiger partial charge on any atom is 0.254 e. The number of carbonyl (C=O) groups is 1. The number of aromatic nitrogens is 2. The second kappa shape index (κ2) is 5.25. The Hall–Kier alpha value is -2.17. The lowest BCUT2D eigenvalue weighted by Crippen LogP contribution is -2.26. The summed E-state index contributed by atoms with van der Waals surface area (Å²) in [4.78, 5) is 11.6. The van der Waals surface area contributed by atoms with Gasteiger partial charge < -0.3 is 5.32 Å². The SMILES string of the molecule is O=C(NCCc1cn[nH]c1)c1ccccc1F. The number of hydrogen-bond donors (Lipinski definition) is 2. The van der Waals surface area contributed by atoms with Crippen molar-refractivity contribution in [1.29, 1.82) is 0 Å². The highest BCUT2D eigenvalue weighted by Crippen LogP contribution is 2.05. The fourth-order valence-corrected chi connectivity index (χ4v) is 1.48. The van der Waals surface area contributed by atoms with Gasteiger partial charge in [-0.15, -0.1) is 0 Å². The van der Waals surface area contributed by atoms with E-state index in [4.69, 9.17) is 0 Å². The average Bonchev–Trinajstić information content (AvgIpc) is 2.82. The summed E-state index contributed by atoms with van der Waals surface area (Å²) >= 11 is 0. The quantitative estimate of drug-likeness (QED) is 0.841. The molecule has 0 unspecified atom stereocenters. The van der Waals surface area contributed by atoms with E-state index in [0.29, 0.717) is 13.0 Å². The number of carbonyl (C=O) groups excluding carboxylic acids is 1. The minimum absolute atomic E-state index is 0.0692. The van der Waals surface area contributed by atoms with Crippen molar-refractivity contribution in [1.82, 2.24) is 15.5 Å². The largest absolute Gasteiger partial charge is 0.352 e. The van der Waals surface area contributed by atoms with Gasteiger partial charge >= 0.3 is 0 Å². The first-order valence-electron chi connectivity index (χ1n) is 5.28. The van der Waals surface area contributed by atoms with Gasteiger partial charge in [0.25, 0.3) is 5.91 Å². The molecule has 2 aromatic rings. The van der Waals surface area contributed by atoms with Crippen LogP contribution in [-0.4, -0.2) is 22.6 Å². The number of nitrogens with one attached hydrogen (secondary N) is 2. The van der Waals surface area contributed by atoms with E-state index in [1.807, 2.05) is 0 Å². The molecule has 2 N–H and O–H groups in total. The molecule has 0 spiro atoms. The van der Waals surface area contributed by atoms with Crippen LogP contribution >= 0.6 is 0 Å². The zero-order chi connectivity index (χ0) is 12.1. The van der Waals surface area contributed by atoms with Gasteiger partial charge in [-0.3, -0.25) is 9.89 Å². The lowest BCUT2D eigenvalue weighted by Gasteiger charge is -2.04. The smallest absolute Gasteiger partial charge is 0.254 e. The van der Waals surface area contributed by atoms with Crippen LogP contribution in [0.1, 0.15) is 15.9 Å². The van der Waals surface area contributed by atoms with Crippen molar-refractivity contribution in [2.75, 3.05) is 6.54 Å². The molecule has 2 rings (SSSR count). The Balaban J connectivity index is 1.88. The minimum Gasteiger partial charge on any atom is -0.352 e. The number of halogens is 1. The third-order valence-corrected chi connectivity index (χ3v) is 2.37. The highest BCUT2D eigenvalue weighted by molar-refractivity contribution is 5.94. The molecule has 0 atom stereocenters. The van der Waals surface area contributed by atoms with Crippen LogP contribution in [0.25, 0.3) is 0 Å². The fourth-order valence-electron chi connectivity index (χ4n) is 1.48. The fraction of sp³-hybridized carbons (Fsp3) is 0.167. The van der Waals surface area contributed by atoms with Gasteiger partial charge in [-0.2, -0.15) is 5.10 Å². The summed E-state index contributed by atoms with van der Waals surface area (Å²) in [6.45, 7) is 0.451. The number of hydrogen-bond acceptors (Lipinski definition) is 2. The maximum absolute atomic E-state index is 13.3. The van der Waals surface area contributed by atoms with Gasteiger partial charge in [0.05, 0.1) is 11.8 Å². The van der Waals surface area contributed by atoms with Crippen LogP contribution in [0.4, 0.5) is 4.39 Å². The third-order valence-electron chi connectivity index (χ3n) is 2.37. The lowest BCUT2D eigenvalue weighted by atomic mass is 10.2. The Morgan fingerprint density at radius 3 is 2.94 bits per heavy atom. The summed E-state index contributed by atoms with van der Waals surface area (Å²) < 4.78 is 13.3. The summed E-state index contributed by atoms with van der Waals surface area (Å²) in [6, 6.07) is 5.92. The number of nitrogens with zero attached hydrogens (tertiary/aromatic N) is 1. The molecule has 0 radical (unpaired) electrons. The number of aromatic amines is 1. The molecule has 1 heterocycles. The van der Waals surface area contributed by atoms with Crippen LogP contribution in [0.5, 0.6) is 0 Å². The van der Waals surface area contributed by atoms with Crippen molar-refractivity contribution < 1.29 is 9.18 Å². The maximum atomic E-state index is 13.3. The van der Waals surface area contributed by atoms with Crippen molar-refractivity contribution in [3.8, 4) is 0 Å². The first-order valence-corrected chi connectivity index (χ1v) is 5.28. The van der Waals surface area contributed by atoms with E-state index in [-0.39, 0.29) is 5.56 Å². The summed E-state index contributed by atoms with van der Waals surface area (Å²) in [6.07, 6.45) is 4.11. The van der Waals surface area contributed by atoms with Crippen LogP contribution in [-0.2, 0) is 6.42 Å². The van der Waals surface area contributed by atoms with E-state index < -0.39 is 11.7 Å². The van der Waals surface area contributed by atoms with E-state index in [1.165, 1.54) is 12.1 Å². The standard InChI is InChI=1S/C12H12FN3O/c13-11-4-2-1-3-10(11)12(17)14-6-5-9-7-15-16-8-9/h1-4,7-8H,5-6H2,(H,14,17)(H,15,16). The Morgan fingerprint density at radius 2 is 2.24 bits per heavy atom. The number of amides is 1. The van der Waals surface area contributed by atoms with Crippen molar-refractivity contribution >= 4 is 5.91 Å². The first-order chi connectivity index (χ1) is 8.27. The van der Waals surface area contributed by atoms with E-state index in [2.05, 4.69) is 15.5 Å². The number of benzene rings is 1. The molecule has 0 bridgehead atoms. The predicted octanol–water partition coefficient (Wildman–Crippen LogP) is 1.52. The van der Waals surface area contributed by atoms with Crippen LogP contribution in [0.15, 0.2) is 36.7 Å². The molecule has 1 amide bonds. The number of H-pyrrole nitrogens is 1. The molecule has 0 saturated carbocycles. The predicted molar refractivity (Wildman–Crippen MR) is 61.0 cm³/mol. The van der Waals surface area contributed by atoms with Gasteiger partial charge in [0.1, 0.15) is 5.82 Å². The summed E-state index contributed by atoms with van der Waals surface area (Å²) in [5.41, 5.74) is 1.07. The Bertz CT molecular complexity index is 496. The molecular formula is C12H12FN3O. The van der Waals surface area contributed by atoms with Gasteiger partial charge in [0, 0.05) is 12.7 Å². The van der Waals surface area contributed by atoms with Crippen molar-refractivity contribution in [2.45, 2.75) is 6.42 Å². The molecule has 17 heavy (non-hydrogen) atoms. The summed E-state index contributed by atoms with van der Waals surface area (Å²) in [5, 5.41) is 9.14. The highest BCUT2D eigenvalue weighted by atomic mass is 19.1. The first kappa shape index (κ1) is 11.3. The zero-order valence-electron chi connectivity index (χ0n) is 9.11. The molecule has 0 fully saturated rings. The second-order valence-corrected chi connectivity index (χ2v) is 3.59. The van der Waals surface area contributed by atoms with Crippen molar-refractivity contribution in [2.24, 2.45) is 0 Å². The topological polar surface area (TPSA) is 57.8 Å². The molecule has 1 aromatic heterocycles. The average molecular weight is 233 g/mol. The van der Waals surface area contributed by atoms with E-state index in [0.717, 1.165) is 5.56 Å². The lowest BCUT2D eigenvalue weighted by molar-refractivity contribution is 0.0950. The molecule has 0 aliphatic carbocycles. The van der Waals surface area contributed by atoms with Gasteiger partial charge in [0.2, 0.25) is 0 Å². The molecular weight excluding hydrogens is 221 g/mol. The van der Waals surface area contributed by atoms with E-state index >= 15 is 0 Å². The Kier molecular flexibility index (Phi) is 3.49. The normalized spacial score (nSPS) is 10.2. The monoisotopic (exact) mass is 233 g/mol. The van der Waals surface area contributed by atoms with Gasteiger partial charge in [-0.05, 0) is 24.1 Å². The van der Waals surface area contributed by atoms with Crippen LogP contribution < -0.4 is 5.32 Å². The zero-order valence-corrected chi connectivity index (χ0v) is 9.11. The van der Waals surface area contributed by atoms with Crippen LogP contribution in [0, 0.1) is 5.82 Å². The van der Waals surface area contributed by atoms with Gasteiger partial charge in [0.15, 0.2) is 0 Å². The third kappa shape index (κ3) is 2.90. The van der Waals surface area contributed by atoms with E-state index in [1.54, 1.807) is 24.5 Å². The summed E-state index contributed by atoms with van der Waals surface area (Å²) in [7, 11) is 0. The van der Waals surface area contributed by atoms with Gasteiger partial charge in [-0.1, -0.05) is 12.1 Å². The molecule has 0 aliphatic heterocycles. The molecule has 88 valence electrons. The van der Waals surface area contributed by atoms with Crippen LogP contribution in [0.2, 0.25) is 0 Å². The molecule has 1 aromatic carbocycles. The van der Waals surface area contributed by atoms with E-state index in [9.17, 15) is 9.18 Å². The molecule has 4 nitrogen and oxygen atoms in total. The Labute approximate surface area is 97.9 Å². The molecule has 5 heteroatoms. The van der Waals surface area contributed by atoms with Crippen molar-refractivity contribution in [3.63, 3.8) is 0 Å². The highest BCUT2D eigenvalue weighted by Gasteiger charge is 2.09. The number of rotatable bonds is 4. The molecule has 0 aliphatic rings. The molecule has 0 saturated heterocycles. The van der Waals surface area contributed by atoms with Crippen molar-refractivity contribution in [3.05, 3.63) is 53.6 Å². The minimum atomic E-state index is -0.506. The van der Waals surface area contributed by atoms with Gasteiger partial charge in [-0.25, -0.2) is 4.39 Å². The summed E-state index contributed by atoms with van der Waals surface area (Å²) in [5.74, 6) is -0.903. The second-order valence-electron chi connectivity index (χ2n) is 3.59.